The van der Waals surface area contributed by atoms with E-state index < -0.39 is 0 Å². The molecule has 142 valence electrons. The fraction of sp³-hybridized carbons (Fsp3) is 0.120. The molecule has 4 aromatic rings. The van der Waals surface area contributed by atoms with Gasteiger partial charge in [-0.2, -0.15) is 5.26 Å². The normalized spacial score (nSPS) is 10.5. The molecular formula is C25H20N2OS. The Morgan fingerprint density at radius 2 is 1.76 bits per heavy atom. The van der Waals surface area contributed by atoms with Gasteiger partial charge in [0.25, 0.3) is 0 Å². The third-order valence-corrected chi connectivity index (χ3v) is 5.50. The van der Waals surface area contributed by atoms with E-state index in [0.29, 0.717) is 12.2 Å². The molecule has 0 fully saturated rings. The lowest BCUT2D eigenvalue weighted by Crippen LogP contribution is -2.00. The predicted molar refractivity (Wildman–Crippen MR) is 118 cm³/mol. The van der Waals surface area contributed by atoms with Crippen LogP contribution in [0.3, 0.4) is 0 Å². The van der Waals surface area contributed by atoms with Crippen LogP contribution in [0.5, 0.6) is 5.75 Å². The number of nitriles is 1. The molecule has 1 heterocycles. The Hall–Kier alpha value is -3.42. The van der Waals surface area contributed by atoms with Crippen LogP contribution in [0.4, 0.5) is 0 Å². The van der Waals surface area contributed by atoms with Crippen molar-refractivity contribution >= 4 is 11.3 Å². The van der Waals surface area contributed by atoms with Crippen molar-refractivity contribution in [2.24, 2.45) is 0 Å². The van der Waals surface area contributed by atoms with Crippen LogP contribution in [-0.2, 0) is 6.61 Å². The molecule has 4 rings (SSSR count). The molecule has 0 N–H and O–H groups in total. The van der Waals surface area contributed by atoms with Gasteiger partial charge in [0.2, 0.25) is 0 Å². The number of thiazole rings is 1. The molecule has 0 unspecified atom stereocenters. The summed E-state index contributed by atoms with van der Waals surface area (Å²) in [5, 5.41) is 11.0. The second-order valence-electron chi connectivity index (χ2n) is 6.99. The number of nitrogens with zero attached hydrogens (tertiary/aromatic N) is 2. The first-order chi connectivity index (χ1) is 14.1. The van der Waals surface area contributed by atoms with Crippen molar-refractivity contribution in [2.45, 2.75) is 20.5 Å². The average molecular weight is 397 g/mol. The van der Waals surface area contributed by atoms with Gasteiger partial charge >= 0.3 is 0 Å². The van der Waals surface area contributed by atoms with Gasteiger partial charge < -0.3 is 4.74 Å². The lowest BCUT2D eigenvalue weighted by atomic mass is 9.99. The van der Waals surface area contributed by atoms with E-state index in [2.05, 4.69) is 55.2 Å². The highest BCUT2D eigenvalue weighted by Gasteiger charge is 2.10. The summed E-state index contributed by atoms with van der Waals surface area (Å²) >= 11 is 1.58. The topological polar surface area (TPSA) is 45.9 Å². The highest BCUT2D eigenvalue weighted by Crippen LogP contribution is 2.32. The Bertz CT molecular complexity index is 1170. The van der Waals surface area contributed by atoms with Crippen molar-refractivity contribution in [3.63, 3.8) is 0 Å². The van der Waals surface area contributed by atoms with E-state index in [0.717, 1.165) is 33.7 Å². The van der Waals surface area contributed by atoms with Gasteiger partial charge in [-0.05, 0) is 60.4 Å². The number of aromatic nitrogens is 1. The van der Waals surface area contributed by atoms with E-state index in [1.54, 1.807) is 11.3 Å². The maximum atomic E-state index is 8.96. The van der Waals surface area contributed by atoms with Gasteiger partial charge in [0.05, 0.1) is 22.8 Å². The quantitative estimate of drug-likeness (QED) is 0.384. The number of hydrogen-bond donors (Lipinski definition) is 0. The van der Waals surface area contributed by atoms with Crippen molar-refractivity contribution < 1.29 is 4.74 Å². The first-order valence-corrected chi connectivity index (χ1v) is 10.3. The smallest absolute Gasteiger partial charge is 0.129 e. The summed E-state index contributed by atoms with van der Waals surface area (Å²) in [6.45, 7) is 4.67. The molecule has 0 spiro atoms. The van der Waals surface area contributed by atoms with Gasteiger partial charge in [0.15, 0.2) is 0 Å². The largest absolute Gasteiger partial charge is 0.488 e. The van der Waals surface area contributed by atoms with Crippen LogP contribution in [0.1, 0.15) is 22.3 Å². The molecular weight excluding hydrogens is 376 g/mol. The molecule has 0 atom stereocenters. The molecule has 0 amide bonds. The van der Waals surface area contributed by atoms with E-state index in [-0.39, 0.29) is 0 Å². The minimum absolute atomic E-state index is 0.500. The predicted octanol–water partition coefficient (Wildman–Crippen LogP) is 6.54. The first kappa shape index (κ1) is 18.9. The lowest BCUT2D eigenvalue weighted by molar-refractivity contribution is 0.306. The molecule has 0 aliphatic carbocycles. The van der Waals surface area contributed by atoms with Crippen molar-refractivity contribution in [2.75, 3.05) is 0 Å². The van der Waals surface area contributed by atoms with Crippen molar-refractivity contribution in [3.05, 3.63) is 93.8 Å². The molecule has 0 radical (unpaired) electrons. The number of benzene rings is 3. The fourth-order valence-corrected chi connectivity index (χ4v) is 3.80. The Morgan fingerprint density at radius 3 is 2.45 bits per heavy atom. The SMILES string of the molecule is Cc1ccc(OCc2ccc(-c3ccc(C#N)cc3)cc2C)c(-c2cscn2)c1. The van der Waals surface area contributed by atoms with E-state index in [4.69, 9.17) is 10.00 Å². The monoisotopic (exact) mass is 396 g/mol. The molecule has 0 aliphatic rings. The molecule has 0 saturated carbocycles. The number of ether oxygens (including phenoxy) is 1. The van der Waals surface area contributed by atoms with Crippen LogP contribution in [0, 0.1) is 25.2 Å². The zero-order valence-corrected chi connectivity index (χ0v) is 17.2. The fourth-order valence-electron chi connectivity index (χ4n) is 3.25. The van der Waals surface area contributed by atoms with Crippen molar-refractivity contribution in [1.82, 2.24) is 4.98 Å². The van der Waals surface area contributed by atoms with Gasteiger partial charge in [-0.1, -0.05) is 42.0 Å². The highest BCUT2D eigenvalue weighted by molar-refractivity contribution is 7.07. The lowest BCUT2D eigenvalue weighted by Gasteiger charge is -2.13. The van der Waals surface area contributed by atoms with E-state index in [1.165, 1.54) is 11.1 Å². The van der Waals surface area contributed by atoms with Crippen molar-refractivity contribution in [1.29, 1.82) is 5.26 Å². The summed E-state index contributed by atoms with van der Waals surface area (Å²) in [6, 6.07) is 22.4. The molecule has 0 saturated heterocycles. The molecule has 3 nitrogen and oxygen atoms in total. The second kappa shape index (κ2) is 8.30. The summed E-state index contributed by atoms with van der Waals surface area (Å²) in [5.41, 5.74) is 10.2. The van der Waals surface area contributed by atoms with Crippen LogP contribution >= 0.6 is 11.3 Å². The van der Waals surface area contributed by atoms with Gasteiger partial charge in [-0.25, -0.2) is 4.98 Å². The zero-order chi connectivity index (χ0) is 20.2. The van der Waals surface area contributed by atoms with E-state index >= 15 is 0 Å². The van der Waals surface area contributed by atoms with Crippen molar-refractivity contribution in [3.8, 4) is 34.2 Å². The number of aryl methyl sites for hydroxylation is 2. The van der Waals surface area contributed by atoms with Crippen LogP contribution in [0.25, 0.3) is 22.4 Å². The van der Waals surface area contributed by atoms with Gasteiger partial charge in [0, 0.05) is 10.9 Å². The van der Waals surface area contributed by atoms with Gasteiger partial charge in [-0.3, -0.25) is 0 Å². The minimum Gasteiger partial charge on any atom is -0.488 e. The molecule has 3 aromatic carbocycles. The Balaban J connectivity index is 1.54. The van der Waals surface area contributed by atoms with Gasteiger partial charge in [0.1, 0.15) is 12.4 Å². The average Bonchev–Trinajstić information content (AvgIpc) is 3.28. The summed E-state index contributed by atoms with van der Waals surface area (Å²) in [7, 11) is 0. The summed E-state index contributed by atoms with van der Waals surface area (Å²) in [4.78, 5) is 4.44. The second-order valence-corrected chi connectivity index (χ2v) is 7.71. The molecule has 1 aromatic heterocycles. The number of hydrogen-bond acceptors (Lipinski definition) is 4. The molecule has 0 aliphatic heterocycles. The van der Waals surface area contributed by atoms with Crippen LogP contribution in [0.15, 0.2) is 71.6 Å². The highest BCUT2D eigenvalue weighted by atomic mass is 32.1. The third-order valence-electron chi connectivity index (χ3n) is 4.92. The third kappa shape index (κ3) is 4.21. The van der Waals surface area contributed by atoms with Crippen LogP contribution < -0.4 is 4.74 Å². The standard InChI is InChI=1S/C25H20N2OS/c1-17-3-10-25(23(11-17)24-15-29-16-27-24)28-14-22-9-8-21(12-18(22)2)20-6-4-19(13-26)5-7-20/h3-12,15-16H,14H2,1-2H3. The first-order valence-electron chi connectivity index (χ1n) is 9.36. The maximum Gasteiger partial charge on any atom is 0.129 e. The molecule has 29 heavy (non-hydrogen) atoms. The van der Waals surface area contributed by atoms with Gasteiger partial charge in [-0.15, -0.1) is 11.3 Å². The Labute approximate surface area is 174 Å². The summed E-state index contributed by atoms with van der Waals surface area (Å²) < 4.78 is 6.19. The Morgan fingerprint density at radius 1 is 0.966 bits per heavy atom. The van der Waals surface area contributed by atoms with Crippen LogP contribution in [-0.4, -0.2) is 4.98 Å². The van der Waals surface area contributed by atoms with Crippen LogP contribution in [0.2, 0.25) is 0 Å². The summed E-state index contributed by atoms with van der Waals surface area (Å²) in [5.74, 6) is 0.845. The number of rotatable bonds is 5. The van der Waals surface area contributed by atoms with E-state index in [9.17, 15) is 0 Å². The molecule has 0 bridgehead atoms. The zero-order valence-electron chi connectivity index (χ0n) is 16.3. The minimum atomic E-state index is 0.500. The molecule has 4 heteroatoms. The summed E-state index contributed by atoms with van der Waals surface area (Å²) in [6.07, 6.45) is 0. The maximum absolute atomic E-state index is 8.96. The Kier molecular flexibility index (Phi) is 5.41. The van der Waals surface area contributed by atoms with E-state index in [1.807, 2.05) is 41.2 Å².